The fourth-order valence-corrected chi connectivity index (χ4v) is 3.38. The molecule has 3 rings (SSSR count). The lowest BCUT2D eigenvalue weighted by atomic mass is 10.0. The SMILES string of the molecule is N#Cc1c(F)ccc([C@@H]2CN3CCN(C(=O)O)C[C@@H]3CO2)c1Cl. The molecule has 0 unspecified atom stereocenters. The molecule has 23 heavy (non-hydrogen) atoms. The number of nitriles is 1. The first-order valence-corrected chi connectivity index (χ1v) is 7.60. The van der Waals surface area contributed by atoms with Crippen molar-refractivity contribution in [2.45, 2.75) is 12.1 Å². The van der Waals surface area contributed by atoms with Gasteiger partial charge >= 0.3 is 6.09 Å². The zero-order chi connectivity index (χ0) is 16.6. The van der Waals surface area contributed by atoms with Gasteiger partial charge in [0.2, 0.25) is 0 Å². The molecular formula is C15H15ClFN3O3. The lowest BCUT2D eigenvalue weighted by Crippen LogP contribution is -2.59. The number of benzene rings is 1. The predicted octanol–water partition coefficient (Wildman–Crippen LogP) is 2.09. The van der Waals surface area contributed by atoms with Crippen molar-refractivity contribution in [2.75, 3.05) is 32.8 Å². The molecule has 0 aliphatic carbocycles. The van der Waals surface area contributed by atoms with Gasteiger partial charge in [-0.25, -0.2) is 9.18 Å². The number of rotatable bonds is 1. The molecular weight excluding hydrogens is 325 g/mol. The van der Waals surface area contributed by atoms with Crippen LogP contribution >= 0.6 is 11.6 Å². The molecule has 1 amide bonds. The van der Waals surface area contributed by atoms with Gasteiger partial charge in [0.05, 0.1) is 23.8 Å². The fraction of sp³-hybridized carbons (Fsp3) is 0.467. The monoisotopic (exact) mass is 339 g/mol. The molecule has 2 aliphatic heterocycles. The quantitative estimate of drug-likeness (QED) is 0.847. The number of nitrogens with zero attached hydrogens (tertiary/aromatic N) is 3. The Balaban J connectivity index is 1.77. The summed E-state index contributed by atoms with van der Waals surface area (Å²) in [4.78, 5) is 14.6. The maximum Gasteiger partial charge on any atom is 0.407 e. The van der Waals surface area contributed by atoms with Crippen LogP contribution in [0.4, 0.5) is 9.18 Å². The van der Waals surface area contributed by atoms with Crippen LogP contribution in [-0.4, -0.2) is 59.8 Å². The first-order chi connectivity index (χ1) is 11.0. The number of carboxylic acid groups (broad SMARTS) is 1. The number of amides is 1. The van der Waals surface area contributed by atoms with Crippen LogP contribution in [-0.2, 0) is 4.74 Å². The first kappa shape index (κ1) is 16.0. The molecule has 1 aromatic carbocycles. The van der Waals surface area contributed by atoms with Crippen LogP contribution in [0.15, 0.2) is 12.1 Å². The Morgan fingerprint density at radius 3 is 2.91 bits per heavy atom. The summed E-state index contributed by atoms with van der Waals surface area (Å²) in [5.74, 6) is -0.648. The van der Waals surface area contributed by atoms with Gasteiger partial charge in [-0.05, 0) is 6.07 Å². The van der Waals surface area contributed by atoms with Crippen molar-refractivity contribution < 1.29 is 19.0 Å². The number of hydrogen-bond acceptors (Lipinski definition) is 4. The van der Waals surface area contributed by atoms with Crippen LogP contribution in [0.3, 0.4) is 0 Å². The maximum atomic E-state index is 13.6. The summed E-state index contributed by atoms with van der Waals surface area (Å²) < 4.78 is 19.4. The highest BCUT2D eigenvalue weighted by Gasteiger charge is 2.36. The molecule has 0 bridgehead atoms. The smallest absolute Gasteiger partial charge is 0.407 e. The molecule has 0 spiro atoms. The van der Waals surface area contributed by atoms with Gasteiger partial charge in [0.15, 0.2) is 0 Å². The zero-order valence-electron chi connectivity index (χ0n) is 12.2. The highest BCUT2D eigenvalue weighted by Crippen LogP contribution is 2.33. The topological polar surface area (TPSA) is 76.8 Å². The lowest BCUT2D eigenvalue weighted by molar-refractivity contribution is -0.0866. The summed E-state index contributed by atoms with van der Waals surface area (Å²) in [5.41, 5.74) is 0.411. The number of morpholine rings is 1. The van der Waals surface area contributed by atoms with Gasteiger partial charge in [-0.15, -0.1) is 0 Å². The molecule has 2 aliphatic rings. The molecule has 2 atom stereocenters. The molecule has 2 fully saturated rings. The molecule has 2 saturated heterocycles. The molecule has 1 aromatic rings. The summed E-state index contributed by atoms with van der Waals surface area (Å²) in [7, 11) is 0. The highest BCUT2D eigenvalue weighted by molar-refractivity contribution is 6.32. The third kappa shape index (κ3) is 2.98. The van der Waals surface area contributed by atoms with Gasteiger partial charge in [-0.1, -0.05) is 17.7 Å². The van der Waals surface area contributed by atoms with Crippen LogP contribution in [0, 0.1) is 17.1 Å². The van der Waals surface area contributed by atoms with Crippen molar-refractivity contribution in [3.63, 3.8) is 0 Å². The van der Waals surface area contributed by atoms with E-state index in [9.17, 15) is 9.18 Å². The van der Waals surface area contributed by atoms with E-state index >= 15 is 0 Å². The average molecular weight is 340 g/mol. The first-order valence-electron chi connectivity index (χ1n) is 7.22. The molecule has 8 heteroatoms. The van der Waals surface area contributed by atoms with Gasteiger partial charge in [-0.3, -0.25) is 4.90 Å². The van der Waals surface area contributed by atoms with Gasteiger partial charge in [0, 0.05) is 31.7 Å². The number of fused-ring (bicyclic) bond motifs is 1. The van der Waals surface area contributed by atoms with Gasteiger partial charge < -0.3 is 14.7 Å². The van der Waals surface area contributed by atoms with Crippen molar-refractivity contribution in [3.05, 3.63) is 34.1 Å². The normalized spacial score (nSPS) is 24.8. The van der Waals surface area contributed by atoms with Crippen LogP contribution in [0.5, 0.6) is 0 Å². The largest absolute Gasteiger partial charge is 0.465 e. The molecule has 0 saturated carbocycles. The standard InChI is InChI=1S/C15H15ClFN3O3/c16-14-10(1-2-12(17)11(14)5-18)13-7-19-3-4-20(15(21)22)6-9(19)8-23-13/h1-2,9,13H,3-4,6-8H2,(H,21,22)/t9-,13+/m1/s1. The number of halogens is 2. The van der Waals surface area contributed by atoms with Crippen molar-refractivity contribution in [1.29, 1.82) is 5.26 Å². The van der Waals surface area contributed by atoms with E-state index in [0.29, 0.717) is 38.3 Å². The summed E-state index contributed by atoms with van der Waals surface area (Å²) >= 11 is 6.14. The Labute approximate surface area is 137 Å². The number of hydrogen-bond donors (Lipinski definition) is 1. The Morgan fingerprint density at radius 1 is 1.43 bits per heavy atom. The third-order valence-electron chi connectivity index (χ3n) is 4.34. The van der Waals surface area contributed by atoms with E-state index in [1.54, 1.807) is 6.07 Å². The third-order valence-corrected chi connectivity index (χ3v) is 4.75. The van der Waals surface area contributed by atoms with E-state index in [1.165, 1.54) is 17.0 Å². The highest BCUT2D eigenvalue weighted by atomic mass is 35.5. The van der Waals surface area contributed by atoms with Crippen LogP contribution in [0.25, 0.3) is 0 Å². The van der Waals surface area contributed by atoms with Crippen LogP contribution in [0.2, 0.25) is 5.02 Å². The Kier molecular flexibility index (Phi) is 4.39. The molecule has 122 valence electrons. The van der Waals surface area contributed by atoms with E-state index in [4.69, 9.17) is 26.7 Å². The van der Waals surface area contributed by atoms with E-state index < -0.39 is 11.9 Å². The minimum absolute atomic E-state index is 0.00533. The van der Waals surface area contributed by atoms with Crippen molar-refractivity contribution >= 4 is 17.7 Å². The summed E-state index contributed by atoms with van der Waals surface area (Å²) in [5, 5.41) is 18.1. The summed E-state index contributed by atoms with van der Waals surface area (Å²) in [6.07, 6.45) is -1.28. The second-order valence-electron chi connectivity index (χ2n) is 5.64. The second-order valence-corrected chi connectivity index (χ2v) is 6.01. The van der Waals surface area contributed by atoms with E-state index in [2.05, 4.69) is 4.90 Å². The minimum atomic E-state index is -0.924. The van der Waals surface area contributed by atoms with Crippen molar-refractivity contribution in [3.8, 4) is 6.07 Å². The van der Waals surface area contributed by atoms with E-state index in [1.807, 2.05) is 0 Å². The zero-order valence-corrected chi connectivity index (χ0v) is 13.0. The summed E-state index contributed by atoms with van der Waals surface area (Å²) in [6, 6.07) is 4.53. The molecule has 0 radical (unpaired) electrons. The predicted molar refractivity (Wildman–Crippen MR) is 79.8 cm³/mol. The van der Waals surface area contributed by atoms with Gasteiger partial charge in [0.25, 0.3) is 0 Å². The van der Waals surface area contributed by atoms with Crippen molar-refractivity contribution in [2.24, 2.45) is 0 Å². The van der Waals surface area contributed by atoms with Crippen molar-refractivity contribution in [1.82, 2.24) is 9.80 Å². The average Bonchev–Trinajstić information content (AvgIpc) is 2.54. The molecule has 2 heterocycles. The fourth-order valence-electron chi connectivity index (χ4n) is 3.07. The Morgan fingerprint density at radius 2 is 2.22 bits per heavy atom. The van der Waals surface area contributed by atoms with Crippen LogP contribution < -0.4 is 0 Å². The Bertz CT molecular complexity index is 679. The lowest BCUT2D eigenvalue weighted by Gasteiger charge is -2.45. The molecule has 1 N–H and O–H groups in total. The number of carbonyl (C=O) groups is 1. The van der Waals surface area contributed by atoms with E-state index in [-0.39, 0.29) is 22.7 Å². The molecule has 6 nitrogen and oxygen atoms in total. The minimum Gasteiger partial charge on any atom is -0.465 e. The molecule has 0 aromatic heterocycles. The van der Waals surface area contributed by atoms with Crippen LogP contribution in [0.1, 0.15) is 17.2 Å². The van der Waals surface area contributed by atoms with Gasteiger partial charge in [0.1, 0.15) is 17.4 Å². The Hall–Kier alpha value is -1.88. The second kappa shape index (κ2) is 6.32. The summed E-state index contributed by atoms with van der Waals surface area (Å²) in [6.45, 7) is 2.36. The van der Waals surface area contributed by atoms with E-state index in [0.717, 1.165) is 0 Å². The number of ether oxygens (including phenoxy) is 1. The van der Waals surface area contributed by atoms with Gasteiger partial charge in [-0.2, -0.15) is 5.26 Å². The number of piperazine rings is 1. The maximum absolute atomic E-state index is 13.6.